The Morgan fingerprint density at radius 2 is 1.93 bits per heavy atom. The molecule has 0 radical (unpaired) electrons. The third-order valence-electron chi connectivity index (χ3n) is 5.65. The molecule has 2 aromatic heterocycles. The van der Waals surface area contributed by atoms with Crippen molar-refractivity contribution in [2.24, 2.45) is 0 Å². The first kappa shape index (κ1) is 19.4. The summed E-state index contributed by atoms with van der Waals surface area (Å²) < 4.78 is 5.70. The van der Waals surface area contributed by atoms with Gasteiger partial charge in [0.1, 0.15) is 11.1 Å². The van der Waals surface area contributed by atoms with Crippen LogP contribution in [0.1, 0.15) is 19.4 Å². The lowest BCUT2D eigenvalue weighted by molar-refractivity contribution is -0.132. The number of carbonyl (C=O) groups excluding carboxylic acids is 1. The zero-order chi connectivity index (χ0) is 20.5. The summed E-state index contributed by atoms with van der Waals surface area (Å²) >= 11 is 0. The maximum Gasteiger partial charge on any atom is 0.296 e. The predicted molar refractivity (Wildman–Crippen MR) is 113 cm³/mol. The average Bonchev–Trinajstić information content (AvgIpc) is 3.10. The summed E-state index contributed by atoms with van der Waals surface area (Å²) in [5.74, 6) is 0.684. The van der Waals surface area contributed by atoms with E-state index in [4.69, 9.17) is 9.40 Å². The molecule has 8 nitrogen and oxygen atoms in total. The molecule has 1 saturated heterocycles. The standard InChI is InChI=1S/C21H27N5O3/c1-4-24(5-2)13-17(27)25-8-10-26(11-9-25)21-22-18-15-12-14(3)6-7-16(15)29-19(18)20(28)23-21/h6-7,12H,4-5,8-11,13H2,1-3H3,(H,22,23,28). The number of anilines is 1. The van der Waals surface area contributed by atoms with Crippen molar-refractivity contribution in [2.45, 2.75) is 20.8 Å². The molecule has 29 heavy (non-hydrogen) atoms. The number of H-pyrrole nitrogens is 1. The molecule has 0 saturated carbocycles. The van der Waals surface area contributed by atoms with Crippen molar-refractivity contribution in [2.75, 3.05) is 50.7 Å². The first-order valence-electron chi connectivity index (χ1n) is 10.2. The highest BCUT2D eigenvalue weighted by Crippen LogP contribution is 2.27. The quantitative estimate of drug-likeness (QED) is 0.708. The largest absolute Gasteiger partial charge is 0.449 e. The topological polar surface area (TPSA) is 85.7 Å². The first-order valence-corrected chi connectivity index (χ1v) is 10.2. The Labute approximate surface area is 169 Å². The van der Waals surface area contributed by atoms with Crippen molar-refractivity contribution in [3.05, 3.63) is 34.1 Å². The van der Waals surface area contributed by atoms with E-state index in [0.29, 0.717) is 49.8 Å². The van der Waals surface area contributed by atoms with Crippen molar-refractivity contribution < 1.29 is 9.21 Å². The number of nitrogens with one attached hydrogen (secondary N) is 1. The van der Waals surface area contributed by atoms with Crippen LogP contribution in [0, 0.1) is 6.92 Å². The second-order valence-electron chi connectivity index (χ2n) is 7.50. The Kier molecular flexibility index (Phi) is 5.27. The molecule has 3 heterocycles. The number of hydrogen-bond donors (Lipinski definition) is 1. The van der Waals surface area contributed by atoms with Crippen LogP contribution in [-0.4, -0.2) is 71.5 Å². The van der Waals surface area contributed by atoms with Crippen molar-refractivity contribution >= 4 is 33.9 Å². The average molecular weight is 397 g/mol. The first-order chi connectivity index (χ1) is 14.0. The van der Waals surface area contributed by atoms with Crippen LogP contribution in [0.5, 0.6) is 0 Å². The number of rotatable bonds is 5. The summed E-state index contributed by atoms with van der Waals surface area (Å²) in [5.41, 5.74) is 2.31. The molecule has 154 valence electrons. The molecule has 1 aromatic carbocycles. The molecule has 1 N–H and O–H groups in total. The van der Waals surface area contributed by atoms with Crippen LogP contribution in [-0.2, 0) is 4.79 Å². The Hall–Kier alpha value is -2.87. The van der Waals surface area contributed by atoms with Gasteiger partial charge in [-0.25, -0.2) is 4.98 Å². The van der Waals surface area contributed by atoms with E-state index in [1.807, 2.05) is 34.9 Å². The van der Waals surface area contributed by atoms with Crippen LogP contribution < -0.4 is 10.5 Å². The number of aryl methyl sites for hydroxylation is 1. The Morgan fingerprint density at radius 1 is 1.21 bits per heavy atom. The molecule has 1 aliphatic heterocycles. The minimum absolute atomic E-state index is 0.154. The number of amides is 1. The van der Waals surface area contributed by atoms with E-state index in [2.05, 4.69) is 23.7 Å². The van der Waals surface area contributed by atoms with Crippen LogP contribution in [0.4, 0.5) is 5.95 Å². The van der Waals surface area contributed by atoms with Crippen LogP contribution in [0.25, 0.3) is 22.1 Å². The summed E-state index contributed by atoms with van der Waals surface area (Å²) in [7, 11) is 0. The van der Waals surface area contributed by atoms with Crippen LogP contribution in [0.15, 0.2) is 27.4 Å². The summed E-state index contributed by atoms with van der Waals surface area (Å²) in [6, 6.07) is 5.81. The SMILES string of the molecule is CCN(CC)CC(=O)N1CCN(c2nc3c(oc4ccc(C)cc43)c(=O)[nH]2)CC1. The smallest absolute Gasteiger partial charge is 0.296 e. The van der Waals surface area contributed by atoms with Gasteiger partial charge in [-0.3, -0.25) is 19.5 Å². The number of benzene rings is 1. The molecule has 3 aromatic rings. The maximum absolute atomic E-state index is 12.6. The van der Waals surface area contributed by atoms with Gasteiger partial charge in [0.2, 0.25) is 17.4 Å². The molecule has 0 spiro atoms. The highest BCUT2D eigenvalue weighted by molar-refractivity contribution is 6.02. The lowest BCUT2D eigenvalue weighted by Crippen LogP contribution is -2.51. The minimum Gasteiger partial charge on any atom is -0.449 e. The van der Waals surface area contributed by atoms with Crippen LogP contribution in [0.3, 0.4) is 0 Å². The van der Waals surface area contributed by atoms with Gasteiger partial charge >= 0.3 is 0 Å². The van der Waals surface area contributed by atoms with E-state index in [0.717, 1.165) is 24.0 Å². The fourth-order valence-electron chi connectivity index (χ4n) is 3.81. The highest BCUT2D eigenvalue weighted by atomic mass is 16.3. The van der Waals surface area contributed by atoms with Gasteiger partial charge in [-0.05, 0) is 32.1 Å². The lowest BCUT2D eigenvalue weighted by atomic mass is 10.2. The summed E-state index contributed by atoms with van der Waals surface area (Å²) in [4.78, 5) is 38.7. The number of hydrogen-bond acceptors (Lipinski definition) is 6. The van der Waals surface area contributed by atoms with Gasteiger partial charge in [-0.15, -0.1) is 0 Å². The van der Waals surface area contributed by atoms with E-state index in [1.165, 1.54) is 0 Å². The molecule has 0 aliphatic carbocycles. The number of likely N-dealkylation sites (N-methyl/N-ethyl adjacent to an activating group) is 1. The number of aromatic nitrogens is 2. The third kappa shape index (κ3) is 3.72. The van der Waals surface area contributed by atoms with Crippen LogP contribution >= 0.6 is 0 Å². The summed E-state index contributed by atoms with van der Waals surface area (Å²) in [6.07, 6.45) is 0. The molecule has 4 rings (SSSR count). The second kappa shape index (κ2) is 7.87. The van der Waals surface area contributed by atoms with E-state index in [9.17, 15) is 9.59 Å². The molecule has 0 bridgehead atoms. The predicted octanol–water partition coefficient (Wildman–Crippen LogP) is 1.97. The van der Waals surface area contributed by atoms with Gasteiger partial charge in [0.05, 0.1) is 6.54 Å². The normalized spacial score (nSPS) is 15.0. The molecular formula is C21H27N5O3. The van der Waals surface area contributed by atoms with Crippen molar-refractivity contribution in [1.29, 1.82) is 0 Å². The maximum atomic E-state index is 12.6. The van der Waals surface area contributed by atoms with E-state index in [-0.39, 0.29) is 17.0 Å². The molecule has 0 unspecified atom stereocenters. The van der Waals surface area contributed by atoms with E-state index < -0.39 is 0 Å². The fourth-order valence-corrected chi connectivity index (χ4v) is 3.81. The van der Waals surface area contributed by atoms with Crippen molar-refractivity contribution in [1.82, 2.24) is 19.8 Å². The molecule has 1 aliphatic rings. The van der Waals surface area contributed by atoms with Gasteiger partial charge in [0.25, 0.3) is 5.56 Å². The highest BCUT2D eigenvalue weighted by Gasteiger charge is 2.24. The van der Waals surface area contributed by atoms with E-state index in [1.54, 1.807) is 0 Å². The van der Waals surface area contributed by atoms with Gasteiger partial charge in [-0.1, -0.05) is 25.5 Å². The monoisotopic (exact) mass is 397 g/mol. The lowest BCUT2D eigenvalue weighted by Gasteiger charge is -2.35. The Bertz CT molecular complexity index is 1090. The summed E-state index contributed by atoms with van der Waals surface area (Å²) in [6.45, 7) is 10.8. The zero-order valence-electron chi connectivity index (χ0n) is 17.2. The number of furan rings is 1. The van der Waals surface area contributed by atoms with Gasteiger partial charge in [0, 0.05) is 31.6 Å². The van der Waals surface area contributed by atoms with Crippen molar-refractivity contribution in [3.63, 3.8) is 0 Å². The Balaban J connectivity index is 1.54. The molecule has 8 heteroatoms. The molecular weight excluding hydrogens is 370 g/mol. The number of fused-ring (bicyclic) bond motifs is 3. The number of nitrogens with zero attached hydrogens (tertiary/aromatic N) is 4. The van der Waals surface area contributed by atoms with Gasteiger partial charge < -0.3 is 14.2 Å². The van der Waals surface area contributed by atoms with Crippen LogP contribution in [0.2, 0.25) is 0 Å². The van der Waals surface area contributed by atoms with Gasteiger partial charge in [0.15, 0.2) is 0 Å². The minimum atomic E-state index is -0.279. The number of carbonyl (C=O) groups is 1. The third-order valence-corrected chi connectivity index (χ3v) is 5.65. The fraction of sp³-hybridized carbons (Fsp3) is 0.476. The Morgan fingerprint density at radius 3 is 2.62 bits per heavy atom. The summed E-state index contributed by atoms with van der Waals surface area (Å²) in [5, 5.41) is 0.848. The van der Waals surface area contributed by atoms with Crippen molar-refractivity contribution in [3.8, 4) is 0 Å². The second-order valence-corrected chi connectivity index (χ2v) is 7.50. The number of aromatic amines is 1. The van der Waals surface area contributed by atoms with E-state index >= 15 is 0 Å². The number of piperazine rings is 1. The van der Waals surface area contributed by atoms with Gasteiger partial charge in [-0.2, -0.15) is 0 Å². The molecule has 1 amide bonds. The zero-order valence-corrected chi connectivity index (χ0v) is 17.2. The molecule has 1 fully saturated rings. The molecule has 0 atom stereocenters.